The van der Waals surface area contributed by atoms with Crippen LogP contribution < -0.4 is 0 Å². The average molecular weight is 1970 g/mol. The third-order valence-corrected chi connectivity index (χ3v) is 34.9. The van der Waals surface area contributed by atoms with Gasteiger partial charge in [0.25, 0.3) is 15.9 Å². The molecule has 0 radical (unpaired) electrons. The number of benzene rings is 3. The molecule has 24 nitrogen and oxygen atoms in total. The van der Waals surface area contributed by atoms with Crippen molar-refractivity contribution in [1.82, 2.24) is 81.3 Å². The summed E-state index contributed by atoms with van der Waals surface area (Å²) in [5.74, 6) is 2.51. The summed E-state index contributed by atoms with van der Waals surface area (Å²) in [4.78, 5) is 67.8. The number of carbonyl (C=O) groups is 3. The van der Waals surface area contributed by atoms with Crippen molar-refractivity contribution < 1.29 is 83.9 Å². The molecule has 6 fully saturated rings. The fraction of sp³-hybridized carbons (Fsp3) is 0.347. The van der Waals surface area contributed by atoms with Gasteiger partial charge in [-0.05, 0) is 253 Å². The van der Waals surface area contributed by atoms with Crippen molar-refractivity contribution >= 4 is 99.7 Å². The lowest BCUT2D eigenvalue weighted by molar-refractivity contribution is -0.137. The van der Waals surface area contributed by atoms with Gasteiger partial charge >= 0.3 is 12.4 Å². The molecule has 0 aliphatic heterocycles. The maximum atomic E-state index is 14.6. The molecule has 708 valence electrons. The Labute approximate surface area is 782 Å². The number of thiazole rings is 1. The fourth-order valence-corrected chi connectivity index (χ4v) is 27.7. The van der Waals surface area contributed by atoms with Gasteiger partial charge in [-0.1, -0.05) is 28.3 Å². The van der Waals surface area contributed by atoms with Crippen LogP contribution >= 0.6 is 22.9 Å². The van der Waals surface area contributed by atoms with Gasteiger partial charge in [0, 0.05) is 106 Å². The van der Waals surface area contributed by atoms with Gasteiger partial charge < -0.3 is 9.13 Å². The lowest BCUT2D eigenvalue weighted by Crippen LogP contribution is -2.59. The van der Waals surface area contributed by atoms with Crippen molar-refractivity contribution in [2.75, 3.05) is 0 Å². The zero-order valence-corrected chi connectivity index (χ0v) is 77.0. The Morgan fingerprint density at radius 1 is 0.485 bits per heavy atom. The number of Topliss-reactive ketones (excluding diaryl/α,β-unsaturated/α-hetero) is 3. The molecule has 41 heteroatoms. The quantitative estimate of drug-likeness (QED) is 0.0367. The van der Waals surface area contributed by atoms with E-state index in [2.05, 4.69) is 56.9 Å². The number of carbonyl (C=O) groups excluding carboxylic acids is 3. The number of sulfonamides is 1. The molecule has 3 aromatic carbocycles. The van der Waals surface area contributed by atoms with Crippen LogP contribution in [0.3, 0.4) is 0 Å². The van der Waals surface area contributed by atoms with Gasteiger partial charge in [-0.2, -0.15) is 45.9 Å². The van der Waals surface area contributed by atoms with E-state index in [-0.39, 0.29) is 82.9 Å². The number of fused-ring (bicyclic) bond motifs is 6. The van der Waals surface area contributed by atoms with Crippen molar-refractivity contribution in [2.24, 2.45) is 30.3 Å². The number of imidazole rings is 2. The number of alkyl halides is 8. The molecule has 9 heterocycles. The zero-order chi connectivity index (χ0) is 96.0. The van der Waals surface area contributed by atoms with E-state index in [0.717, 1.165) is 65.7 Å². The second-order valence-electron chi connectivity index (χ2n) is 36.3. The first-order chi connectivity index (χ1) is 64.5. The minimum Gasteiger partial charge on any atom is -0.339 e. The van der Waals surface area contributed by atoms with E-state index >= 15 is 0 Å². The zero-order valence-electron chi connectivity index (χ0n) is 73.0. The van der Waals surface area contributed by atoms with Gasteiger partial charge in [-0.3, -0.25) is 29.3 Å². The lowest BCUT2D eigenvalue weighted by atomic mass is 9.60. The van der Waals surface area contributed by atoms with E-state index in [4.69, 9.17) is 11.6 Å². The molecule has 12 aromatic rings. The summed E-state index contributed by atoms with van der Waals surface area (Å²) in [5, 5.41) is 13.7. The standard InChI is InChI=1S/C33H28ClF4N5O2S.C32H30F4N6O2S.C30H28F4N6O3S2/c1-46(45,28-14-23(34)18-39-19-28)43(26-8-9-26)27-5-2-21-13-30-20(17-41-42(30)25-6-3-24(35)4-7-25)15-32(21,16-27)31(44)29-12-22(10-11-40-29)33(36,37)38;1-40-18-29(38-19-40)45(2,44)42(26-15-32(35,36)16-26)25-6-3-21-11-28-20(17-39-41(28)24-7-4-22(33)5-8-24)13-31(21,14-25)30(43)27-12-23(34)9-10-37-27;1-17-37-26(16-38(17)2)45(42,43)40(22-9-10-22)23-6-3-19-11-24-18(14-36-39(24)21-7-4-20(31)5-8-21)12-29(19,13-23)27(41)28-35-15-25(44-28)30(32,33)34/h3-4,6-7,10-14,17-19,26-27H,1-2,5,8-9,15-16H2;4-5,7-12,17-19,25-26H,2-3,6,13-16H2,1H3;4-5,7-8,11,14-16,22-23H,3,6,9-10,12-13H2,1-2H3/t27-,32-,46?;25-,31-,45?;23-,29-/m000/s1. The number of hydrogen-bond donors (Lipinski definition) is 0. The first-order valence-corrected chi connectivity index (χ1v) is 49.8. The molecule has 9 aliphatic carbocycles. The number of hydrogen-bond acceptors (Lipinski definition) is 17. The lowest BCUT2D eigenvalue weighted by Gasteiger charge is -2.51. The predicted octanol–water partition coefficient (Wildman–Crippen LogP) is 18.2. The summed E-state index contributed by atoms with van der Waals surface area (Å²) in [7, 11) is -7.04. The van der Waals surface area contributed by atoms with Crippen molar-refractivity contribution in [1.29, 1.82) is 0 Å². The Balaban J connectivity index is 0.000000131. The molecular formula is C95H86ClF12N17O7S4. The average Bonchev–Trinajstić information content (AvgIpc) is 1.43. The number of allylic oxidation sites excluding steroid dienone is 3. The van der Waals surface area contributed by atoms with Gasteiger partial charge in [0.15, 0.2) is 26.6 Å². The highest BCUT2D eigenvalue weighted by Gasteiger charge is 2.60. The normalized spacial score (nSPS) is 22.7. The summed E-state index contributed by atoms with van der Waals surface area (Å²) in [6.45, 7) is 1.71. The van der Waals surface area contributed by atoms with Gasteiger partial charge in [-0.15, -0.1) is 11.3 Å². The number of pyridine rings is 3. The summed E-state index contributed by atoms with van der Waals surface area (Å²) in [6, 6.07) is 20.4. The van der Waals surface area contributed by atoms with E-state index in [9.17, 15) is 83.9 Å². The number of aromatic nitrogens is 14. The number of nitrogens with zero attached hydrogens (tertiary/aromatic N) is 17. The van der Waals surface area contributed by atoms with E-state index in [1.165, 1.54) is 71.8 Å². The molecule has 9 aliphatic rings. The summed E-state index contributed by atoms with van der Waals surface area (Å²) < 4.78 is 236. The summed E-state index contributed by atoms with van der Waals surface area (Å²) in [5.41, 5.74) is 3.13. The maximum absolute atomic E-state index is 14.6. The number of aryl methyl sites for hydroxylation is 3. The molecule has 2 unspecified atom stereocenters. The van der Waals surface area contributed by atoms with Crippen LogP contribution in [0.15, 0.2) is 203 Å². The predicted molar refractivity (Wildman–Crippen MR) is 484 cm³/mol. The SMILES string of the molecule is C=S(=O)(c1cn(C)cn1)N(C1CC(F)(F)C1)[C@H]1CCC2=Cc3c(cnn3-c3ccc(F)cc3)C[C@]2(C(=O)c2cc(F)ccn2)C1.C=S(=O)(c1cncc(Cl)c1)N(C1CC1)[C@H]1CCC2=Cc3c(cnn3-c3ccc(F)cc3)C[C@]2(C(=O)c2cc(C(F)(F)F)ccn2)C1.Cc1nc(S(=O)(=O)N(C2CC2)[C@H]2CCC3=Cc4c(cnn4-c4ccc(F)cc4)C[C@]3(C(=O)c3ncc(C(F)(F)F)s3)C2)cn1C. The van der Waals surface area contributed by atoms with Crippen LogP contribution in [0.1, 0.15) is 177 Å². The first kappa shape index (κ1) is 93.4. The fourth-order valence-electron chi connectivity index (χ4n) is 20.6. The number of halogens is 13. The molecule has 0 N–H and O–H groups in total. The van der Waals surface area contributed by atoms with Crippen LogP contribution in [-0.2, 0) is 75.1 Å². The Morgan fingerprint density at radius 3 is 1.35 bits per heavy atom. The Bertz CT molecular complexity index is 7220. The summed E-state index contributed by atoms with van der Waals surface area (Å²) >= 11 is 6.50. The van der Waals surface area contributed by atoms with Crippen LogP contribution in [0.25, 0.3) is 35.3 Å². The molecule has 0 saturated heterocycles. The Hall–Kier alpha value is -11.7. The first-order valence-electron chi connectivity index (χ1n) is 43.8. The highest BCUT2D eigenvalue weighted by atomic mass is 35.5. The van der Waals surface area contributed by atoms with Crippen LogP contribution in [0, 0.1) is 46.4 Å². The molecule has 21 rings (SSSR count). The minimum atomic E-state index is -4.66. The van der Waals surface area contributed by atoms with Gasteiger partial charge in [0.2, 0.25) is 5.78 Å². The molecule has 0 spiro atoms. The molecule has 8 atom stereocenters. The maximum Gasteiger partial charge on any atom is 0.427 e. The smallest absolute Gasteiger partial charge is 0.339 e. The van der Waals surface area contributed by atoms with Gasteiger partial charge in [-0.25, -0.2) is 80.8 Å². The van der Waals surface area contributed by atoms with Crippen LogP contribution in [-0.4, -0.2) is 169 Å². The van der Waals surface area contributed by atoms with Crippen molar-refractivity contribution in [3.05, 3.63) is 283 Å². The molecule has 136 heavy (non-hydrogen) atoms. The minimum absolute atomic E-state index is 0.0428. The van der Waals surface area contributed by atoms with Gasteiger partial charge in [0.1, 0.15) is 45.4 Å². The van der Waals surface area contributed by atoms with E-state index in [0.29, 0.717) is 130 Å². The second kappa shape index (κ2) is 34.8. The molecule has 6 saturated carbocycles. The van der Waals surface area contributed by atoms with Crippen molar-refractivity contribution in [2.45, 2.75) is 192 Å². The van der Waals surface area contributed by atoms with E-state index in [1.54, 1.807) is 116 Å². The third-order valence-electron chi connectivity index (χ3n) is 27.4. The van der Waals surface area contributed by atoms with Crippen LogP contribution in [0.4, 0.5) is 52.7 Å². The molecule has 0 amide bonds. The topological polar surface area (TPSA) is 270 Å². The molecular weight excluding hydrogens is 1880 g/mol. The Kier molecular flexibility index (Phi) is 23.9. The van der Waals surface area contributed by atoms with Gasteiger partial charge in [0.05, 0.1) is 116 Å². The van der Waals surface area contributed by atoms with Crippen molar-refractivity contribution in [3.8, 4) is 17.1 Å². The monoisotopic (exact) mass is 1970 g/mol. The van der Waals surface area contributed by atoms with E-state index < -0.39 is 146 Å². The highest BCUT2D eigenvalue weighted by Crippen LogP contribution is 2.58. The highest BCUT2D eigenvalue weighted by molar-refractivity contribution is 7.98. The number of rotatable bonds is 21. The number of ketones is 3. The largest absolute Gasteiger partial charge is 0.427 e. The molecule has 9 aromatic heterocycles. The van der Waals surface area contributed by atoms with E-state index in [1.807, 2.05) is 22.5 Å². The third kappa shape index (κ3) is 17.3. The Morgan fingerprint density at radius 2 is 0.934 bits per heavy atom. The van der Waals surface area contributed by atoms with Crippen LogP contribution in [0.5, 0.6) is 0 Å². The molecule has 0 bridgehead atoms. The van der Waals surface area contributed by atoms with Crippen molar-refractivity contribution in [3.63, 3.8) is 0 Å². The summed E-state index contributed by atoms with van der Waals surface area (Å²) in [6.07, 6.45) is 16.8. The second-order valence-corrected chi connectivity index (χ2v) is 43.8. The van der Waals surface area contributed by atoms with Crippen LogP contribution in [0.2, 0.25) is 5.02 Å².